The summed E-state index contributed by atoms with van der Waals surface area (Å²) in [6.45, 7) is 12.5. The molecular formula is C33H44N8O4S. The summed E-state index contributed by atoms with van der Waals surface area (Å²) in [4.78, 5) is 33.0. The Labute approximate surface area is 271 Å². The zero-order valence-corrected chi connectivity index (χ0v) is 28.1. The highest BCUT2D eigenvalue weighted by molar-refractivity contribution is 7.88. The molecular weight excluding hydrogens is 604 g/mol. The van der Waals surface area contributed by atoms with Gasteiger partial charge in [0.2, 0.25) is 21.9 Å². The summed E-state index contributed by atoms with van der Waals surface area (Å²) in [7, 11) is -1.61. The van der Waals surface area contributed by atoms with Gasteiger partial charge < -0.3 is 24.8 Å². The minimum atomic E-state index is -3.36. The molecule has 1 aromatic carbocycles. The molecule has 0 unspecified atom stereocenters. The number of ether oxygens (including phenoxy) is 1. The third kappa shape index (κ3) is 6.03. The monoisotopic (exact) mass is 648 g/mol. The number of piperidine rings is 1. The number of fused-ring (bicyclic) bond motifs is 1. The van der Waals surface area contributed by atoms with Gasteiger partial charge in [-0.15, -0.1) is 0 Å². The average Bonchev–Trinajstić information content (AvgIpc) is 3.02. The van der Waals surface area contributed by atoms with Gasteiger partial charge in [0, 0.05) is 68.8 Å². The number of pyridine rings is 1. The second kappa shape index (κ2) is 12.8. The molecule has 3 atom stereocenters. The van der Waals surface area contributed by atoms with Crippen molar-refractivity contribution in [2.45, 2.75) is 70.3 Å². The first-order valence-corrected chi connectivity index (χ1v) is 17.8. The maximum absolute atomic E-state index is 12.6. The first kappa shape index (κ1) is 32.1. The number of sulfonamides is 1. The van der Waals surface area contributed by atoms with Crippen LogP contribution < -0.4 is 15.1 Å². The van der Waals surface area contributed by atoms with E-state index in [0.717, 1.165) is 54.4 Å². The zero-order valence-electron chi connectivity index (χ0n) is 27.3. The maximum atomic E-state index is 12.6. The number of carbonyl (C=O) groups excluding carboxylic acids is 1. The molecule has 0 aliphatic carbocycles. The quantitative estimate of drug-likeness (QED) is 0.322. The number of amides is 1. The van der Waals surface area contributed by atoms with Crippen LogP contribution in [-0.4, -0.2) is 102 Å². The van der Waals surface area contributed by atoms with Crippen LogP contribution in [0.5, 0.6) is 0 Å². The lowest BCUT2D eigenvalue weighted by Gasteiger charge is -2.53. The minimum absolute atomic E-state index is 0.0279. The molecule has 3 aromatic rings. The fraction of sp³-hybridized carbons (Fsp3) is 0.515. The normalized spacial score (nSPS) is 22.2. The van der Waals surface area contributed by atoms with Gasteiger partial charge in [-0.25, -0.2) is 18.4 Å². The Morgan fingerprint density at radius 1 is 1.11 bits per heavy atom. The van der Waals surface area contributed by atoms with Gasteiger partial charge in [0.15, 0.2) is 0 Å². The molecule has 3 fully saturated rings. The molecule has 6 rings (SSSR count). The van der Waals surface area contributed by atoms with Gasteiger partial charge in [0.05, 0.1) is 24.4 Å². The molecule has 246 valence electrons. The van der Waals surface area contributed by atoms with Crippen molar-refractivity contribution in [3.63, 3.8) is 0 Å². The van der Waals surface area contributed by atoms with Crippen molar-refractivity contribution in [1.29, 1.82) is 0 Å². The van der Waals surface area contributed by atoms with Crippen molar-refractivity contribution in [3.05, 3.63) is 54.9 Å². The van der Waals surface area contributed by atoms with E-state index in [4.69, 9.17) is 14.7 Å². The van der Waals surface area contributed by atoms with E-state index < -0.39 is 10.0 Å². The van der Waals surface area contributed by atoms with Gasteiger partial charge in [-0.3, -0.25) is 4.79 Å². The summed E-state index contributed by atoms with van der Waals surface area (Å²) in [6.07, 6.45) is 9.25. The van der Waals surface area contributed by atoms with Crippen molar-refractivity contribution in [2.75, 3.05) is 54.7 Å². The summed E-state index contributed by atoms with van der Waals surface area (Å²) in [5.74, 6) is 1.86. The van der Waals surface area contributed by atoms with Gasteiger partial charge in [-0.05, 0) is 75.3 Å². The van der Waals surface area contributed by atoms with E-state index in [1.54, 1.807) is 17.6 Å². The first-order valence-electron chi connectivity index (χ1n) is 16.0. The SMILES string of the molecule is C=CC(=O)N1CC[C@@H]1c1ccc(N2C[C@H](N(C(C)C)S(C)(=O)=O)[C@H]2C)c2cnc(Nc3ccnc(N4CCC(OC)CC4)n3)cc12. The summed E-state index contributed by atoms with van der Waals surface area (Å²) in [6, 6.07) is 7.67. The third-order valence-electron chi connectivity index (χ3n) is 9.67. The number of nitrogens with one attached hydrogen (secondary N) is 1. The summed E-state index contributed by atoms with van der Waals surface area (Å²) in [5.41, 5.74) is 2.03. The number of aromatic nitrogens is 3. The van der Waals surface area contributed by atoms with Crippen molar-refractivity contribution in [3.8, 4) is 0 Å². The highest BCUT2D eigenvalue weighted by Gasteiger charge is 2.45. The Bertz CT molecular complexity index is 1730. The van der Waals surface area contributed by atoms with Crippen LogP contribution in [0.2, 0.25) is 0 Å². The highest BCUT2D eigenvalue weighted by atomic mass is 32.2. The van der Waals surface area contributed by atoms with Gasteiger partial charge in [0.25, 0.3) is 0 Å². The number of hydrogen-bond donors (Lipinski definition) is 1. The number of rotatable bonds is 10. The van der Waals surface area contributed by atoms with E-state index in [0.29, 0.717) is 30.7 Å². The number of anilines is 4. The Hall–Kier alpha value is -3.81. The fourth-order valence-corrected chi connectivity index (χ4v) is 8.65. The molecule has 1 amide bonds. The molecule has 0 spiro atoms. The van der Waals surface area contributed by atoms with Crippen LogP contribution in [0.1, 0.15) is 51.6 Å². The lowest BCUT2D eigenvalue weighted by molar-refractivity contribution is -0.133. The molecule has 13 heteroatoms. The standard InChI is InChI=1S/C33H44N8O4S/c1-7-32(42)39-17-13-28(39)24-8-9-27(40-20-29(22(40)4)41(21(2)3)46(6,43)44)26-19-35-31(18-25(24)26)36-30-10-14-34-33(37-30)38-15-11-23(45-5)12-16-38/h7-10,14,18-19,21-23,28-29H,1,11-13,15-17,20H2,2-6H3,(H,34,35,36,37)/t22-,28-,29+/m1/s1. The van der Waals surface area contributed by atoms with Crippen LogP contribution in [0.15, 0.2) is 49.3 Å². The third-order valence-corrected chi connectivity index (χ3v) is 11.1. The van der Waals surface area contributed by atoms with E-state index in [1.807, 2.05) is 37.1 Å². The van der Waals surface area contributed by atoms with E-state index in [2.05, 4.69) is 45.7 Å². The molecule has 46 heavy (non-hydrogen) atoms. The van der Waals surface area contributed by atoms with Crippen LogP contribution >= 0.6 is 0 Å². The molecule has 3 aliphatic rings. The second-order valence-electron chi connectivity index (χ2n) is 12.8. The van der Waals surface area contributed by atoms with Crippen LogP contribution in [0.4, 0.5) is 23.3 Å². The van der Waals surface area contributed by atoms with E-state index in [9.17, 15) is 13.2 Å². The average molecular weight is 649 g/mol. The van der Waals surface area contributed by atoms with Crippen molar-refractivity contribution in [2.24, 2.45) is 0 Å². The van der Waals surface area contributed by atoms with E-state index in [1.165, 1.54) is 12.3 Å². The number of carbonyl (C=O) groups is 1. The Morgan fingerprint density at radius 2 is 1.87 bits per heavy atom. The largest absolute Gasteiger partial charge is 0.381 e. The molecule has 1 N–H and O–H groups in total. The van der Waals surface area contributed by atoms with Crippen LogP contribution in [-0.2, 0) is 19.6 Å². The lowest BCUT2D eigenvalue weighted by atomic mass is 9.88. The molecule has 0 saturated carbocycles. The summed E-state index contributed by atoms with van der Waals surface area (Å²) in [5, 5.41) is 5.32. The lowest BCUT2D eigenvalue weighted by Crippen LogP contribution is -2.68. The molecule has 5 heterocycles. The van der Waals surface area contributed by atoms with E-state index >= 15 is 0 Å². The topological polar surface area (TPSA) is 124 Å². The molecule has 0 bridgehead atoms. The summed E-state index contributed by atoms with van der Waals surface area (Å²) >= 11 is 0. The molecule has 3 saturated heterocycles. The van der Waals surface area contributed by atoms with Gasteiger partial charge in [-0.2, -0.15) is 9.29 Å². The molecule has 3 aliphatic heterocycles. The molecule has 12 nitrogen and oxygen atoms in total. The van der Waals surface area contributed by atoms with Crippen LogP contribution in [0.3, 0.4) is 0 Å². The van der Waals surface area contributed by atoms with E-state index in [-0.39, 0.29) is 36.2 Å². The smallest absolute Gasteiger partial charge is 0.246 e. The zero-order chi connectivity index (χ0) is 32.7. The highest BCUT2D eigenvalue weighted by Crippen LogP contribution is 2.43. The van der Waals surface area contributed by atoms with Gasteiger partial charge in [-0.1, -0.05) is 12.6 Å². The van der Waals surface area contributed by atoms with Crippen molar-refractivity contribution < 1.29 is 17.9 Å². The number of nitrogens with zero attached hydrogens (tertiary/aromatic N) is 7. The molecule has 2 aromatic heterocycles. The number of benzene rings is 1. The van der Waals surface area contributed by atoms with Crippen molar-refractivity contribution in [1.82, 2.24) is 24.2 Å². The van der Waals surface area contributed by atoms with Gasteiger partial charge >= 0.3 is 0 Å². The number of hydrogen-bond acceptors (Lipinski definition) is 10. The predicted octanol–water partition coefficient (Wildman–Crippen LogP) is 4.09. The minimum Gasteiger partial charge on any atom is -0.381 e. The summed E-state index contributed by atoms with van der Waals surface area (Å²) < 4.78 is 32.4. The Balaban J connectivity index is 1.32. The van der Waals surface area contributed by atoms with Crippen LogP contribution in [0.25, 0.3) is 10.8 Å². The Kier molecular flexibility index (Phi) is 8.92. The number of likely N-dealkylation sites (tertiary alicyclic amines) is 1. The second-order valence-corrected chi connectivity index (χ2v) is 14.7. The number of methoxy groups -OCH3 is 1. The van der Waals surface area contributed by atoms with Crippen molar-refractivity contribution >= 4 is 50.0 Å². The van der Waals surface area contributed by atoms with Crippen LogP contribution in [0, 0.1) is 0 Å². The maximum Gasteiger partial charge on any atom is 0.246 e. The fourth-order valence-electron chi connectivity index (χ4n) is 7.15. The first-order chi connectivity index (χ1) is 22.0. The Morgan fingerprint density at radius 3 is 2.48 bits per heavy atom. The molecule has 0 radical (unpaired) electrons. The van der Waals surface area contributed by atoms with Gasteiger partial charge in [0.1, 0.15) is 11.6 Å². The predicted molar refractivity (Wildman–Crippen MR) is 181 cm³/mol.